The van der Waals surface area contributed by atoms with Gasteiger partial charge in [-0.15, -0.1) is 0 Å². The Hall–Kier alpha value is -3.46. The summed E-state index contributed by atoms with van der Waals surface area (Å²) in [6.45, 7) is 3.72. The normalized spacial score (nSPS) is 18.7. The van der Waals surface area contributed by atoms with Crippen LogP contribution in [0.15, 0.2) is 22.3 Å². The van der Waals surface area contributed by atoms with Crippen LogP contribution in [0.5, 0.6) is 0 Å². The van der Waals surface area contributed by atoms with Crippen molar-refractivity contribution in [2.24, 2.45) is 12.1 Å². The second-order valence-electron chi connectivity index (χ2n) is 8.58. The highest BCUT2D eigenvalue weighted by molar-refractivity contribution is 5.80. The molecule has 2 unspecified atom stereocenters. The molecular weight excluding hydrogens is 485 g/mol. The number of carbonyl (C=O) groups is 1. The van der Waals surface area contributed by atoms with Crippen LogP contribution in [0.4, 0.5) is 19.1 Å². The van der Waals surface area contributed by atoms with E-state index in [1.54, 1.807) is 23.8 Å². The molecule has 12 nitrogen and oxygen atoms in total. The number of aliphatic hydroxyl groups is 1. The number of anilines is 1. The van der Waals surface area contributed by atoms with Crippen molar-refractivity contribution in [1.29, 1.82) is 0 Å². The highest BCUT2D eigenvalue weighted by atomic mass is 19.4. The lowest BCUT2D eigenvalue weighted by Gasteiger charge is -2.34. The minimum absolute atomic E-state index is 0.105. The quantitative estimate of drug-likeness (QED) is 0.505. The zero-order valence-corrected chi connectivity index (χ0v) is 19.8. The van der Waals surface area contributed by atoms with Gasteiger partial charge in [-0.25, -0.2) is 14.8 Å². The third-order valence-corrected chi connectivity index (χ3v) is 6.16. The van der Waals surface area contributed by atoms with E-state index >= 15 is 0 Å². The third kappa shape index (κ3) is 5.21. The molecule has 0 saturated carbocycles. The predicted molar refractivity (Wildman–Crippen MR) is 121 cm³/mol. The number of rotatable bonds is 7. The van der Waals surface area contributed by atoms with Crippen molar-refractivity contribution in [3.8, 4) is 0 Å². The zero-order valence-electron chi connectivity index (χ0n) is 19.8. The molecule has 0 aliphatic carbocycles. The zero-order chi connectivity index (χ0) is 26.0. The number of fused-ring (bicyclic) bond motifs is 1. The SMILES string of the molecule is CC(COCCC(=O)N1CCN(c2ncc(C(F)(F)F)cn2)CC1)n1c2c(n(C)c1=O)C(O)NN=C2. The van der Waals surface area contributed by atoms with Crippen LogP contribution in [0.1, 0.15) is 42.6 Å². The molecule has 4 rings (SSSR count). The molecule has 0 spiro atoms. The van der Waals surface area contributed by atoms with E-state index in [4.69, 9.17) is 4.74 Å². The smallest absolute Gasteiger partial charge is 0.379 e. The van der Waals surface area contributed by atoms with Gasteiger partial charge in [-0.05, 0) is 6.92 Å². The van der Waals surface area contributed by atoms with Crippen LogP contribution in [0.25, 0.3) is 0 Å². The Morgan fingerprint density at radius 1 is 1.25 bits per heavy atom. The fraction of sp³-hybridized carbons (Fsp3) is 0.571. The van der Waals surface area contributed by atoms with E-state index in [-0.39, 0.29) is 43.2 Å². The molecule has 36 heavy (non-hydrogen) atoms. The van der Waals surface area contributed by atoms with Crippen molar-refractivity contribution in [2.45, 2.75) is 31.8 Å². The second-order valence-corrected chi connectivity index (χ2v) is 8.58. The summed E-state index contributed by atoms with van der Waals surface area (Å²) in [6, 6.07) is -0.355. The van der Waals surface area contributed by atoms with Crippen LogP contribution >= 0.6 is 0 Å². The van der Waals surface area contributed by atoms with Gasteiger partial charge in [0.05, 0.1) is 48.8 Å². The van der Waals surface area contributed by atoms with Crippen molar-refractivity contribution in [3.63, 3.8) is 0 Å². The number of ether oxygens (including phenoxy) is 1. The maximum atomic E-state index is 12.7. The van der Waals surface area contributed by atoms with Crippen molar-refractivity contribution < 1.29 is 27.8 Å². The van der Waals surface area contributed by atoms with Gasteiger partial charge in [0, 0.05) is 45.6 Å². The van der Waals surface area contributed by atoms with E-state index in [0.717, 1.165) is 12.4 Å². The van der Waals surface area contributed by atoms with Gasteiger partial charge in [0.2, 0.25) is 11.9 Å². The van der Waals surface area contributed by atoms with Crippen LogP contribution < -0.4 is 16.0 Å². The number of aliphatic hydroxyl groups excluding tert-OH is 1. The lowest BCUT2D eigenvalue weighted by atomic mass is 10.2. The number of piperazine rings is 1. The van der Waals surface area contributed by atoms with Gasteiger partial charge in [0.1, 0.15) is 0 Å². The van der Waals surface area contributed by atoms with E-state index in [9.17, 15) is 27.9 Å². The number of halogens is 3. The highest BCUT2D eigenvalue weighted by Crippen LogP contribution is 2.28. The maximum Gasteiger partial charge on any atom is 0.419 e. The molecule has 4 heterocycles. The molecule has 2 aromatic heterocycles. The third-order valence-electron chi connectivity index (χ3n) is 6.16. The number of hydrogen-bond donors (Lipinski definition) is 2. The van der Waals surface area contributed by atoms with Crippen LogP contribution in [-0.2, 0) is 22.8 Å². The Kier molecular flexibility index (Phi) is 7.31. The summed E-state index contributed by atoms with van der Waals surface area (Å²) in [5, 5.41) is 13.9. The standard InChI is InChI=1S/C21H27F3N8O4/c1-13(32-15-11-27-28-18(34)17(15)29(2)20(32)35)12-36-8-3-16(33)30-4-6-31(7-5-30)19-25-9-14(10-26-19)21(22,23)24/h9-11,13,18,28,34H,3-8,12H2,1-2H3. The lowest BCUT2D eigenvalue weighted by Crippen LogP contribution is -2.49. The molecule has 1 amide bonds. The monoisotopic (exact) mass is 512 g/mol. The highest BCUT2D eigenvalue weighted by Gasteiger charge is 2.32. The number of nitrogens with zero attached hydrogens (tertiary/aromatic N) is 7. The number of nitrogens with one attached hydrogen (secondary N) is 1. The summed E-state index contributed by atoms with van der Waals surface area (Å²) in [5.41, 5.74) is 2.20. The number of hydrazone groups is 1. The molecule has 2 aliphatic heterocycles. The Balaban J connectivity index is 1.23. The van der Waals surface area contributed by atoms with Crippen LogP contribution in [-0.4, -0.2) is 80.6 Å². The number of carbonyl (C=O) groups excluding carboxylic acids is 1. The van der Waals surface area contributed by atoms with Crippen LogP contribution in [0, 0.1) is 0 Å². The fourth-order valence-electron chi connectivity index (χ4n) is 4.20. The number of aromatic nitrogens is 4. The summed E-state index contributed by atoms with van der Waals surface area (Å²) in [5.74, 6) is 0.0883. The van der Waals surface area contributed by atoms with Crippen molar-refractivity contribution in [3.05, 3.63) is 39.8 Å². The van der Waals surface area contributed by atoms with Gasteiger partial charge in [-0.1, -0.05) is 0 Å². The Labute approximate surface area is 204 Å². The Morgan fingerprint density at radius 2 is 1.92 bits per heavy atom. The molecule has 2 aliphatic rings. The average molecular weight is 512 g/mol. The summed E-state index contributed by atoms with van der Waals surface area (Å²) in [6.07, 6.45) is -2.45. The molecular formula is C21H27F3N8O4. The topological polar surface area (TPSA) is 130 Å². The van der Waals surface area contributed by atoms with Gasteiger partial charge < -0.3 is 19.6 Å². The summed E-state index contributed by atoms with van der Waals surface area (Å²) in [4.78, 5) is 36.2. The van der Waals surface area contributed by atoms with Crippen molar-refractivity contribution in [1.82, 2.24) is 29.4 Å². The van der Waals surface area contributed by atoms with Gasteiger partial charge in [0.15, 0.2) is 6.23 Å². The molecule has 196 valence electrons. The summed E-state index contributed by atoms with van der Waals surface area (Å²) in [7, 11) is 1.57. The first-order valence-electron chi connectivity index (χ1n) is 11.4. The van der Waals surface area contributed by atoms with Gasteiger partial charge in [-0.3, -0.25) is 19.4 Å². The van der Waals surface area contributed by atoms with Gasteiger partial charge >= 0.3 is 11.9 Å². The van der Waals surface area contributed by atoms with Gasteiger partial charge in [0.25, 0.3) is 0 Å². The van der Waals surface area contributed by atoms with Gasteiger partial charge in [-0.2, -0.15) is 18.3 Å². The maximum absolute atomic E-state index is 12.7. The van der Waals surface area contributed by atoms with Crippen molar-refractivity contribution >= 4 is 18.1 Å². The van der Waals surface area contributed by atoms with E-state index in [2.05, 4.69) is 20.5 Å². The van der Waals surface area contributed by atoms with E-state index in [1.165, 1.54) is 15.3 Å². The molecule has 0 radical (unpaired) electrons. The number of amides is 1. The first-order chi connectivity index (χ1) is 17.1. The fourth-order valence-corrected chi connectivity index (χ4v) is 4.20. The molecule has 15 heteroatoms. The molecule has 2 N–H and O–H groups in total. The molecule has 2 atom stereocenters. The second kappa shape index (κ2) is 10.3. The molecule has 1 saturated heterocycles. The number of imidazole rings is 1. The van der Waals surface area contributed by atoms with Crippen LogP contribution in [0.2, 0.25) is 0 Å². The molecule has 0 bridgehead atoms. The van der Waals surface area contributed by atoms with E-state index < -0.39 is 18.0 Å². The Morgan fingerprint density at radius 3 is 2.56 bits per heavy atom. The summed E-state index contributed by atoms with van der Waals surface area (Å²) < 4.78 is 46.5. The first-order valence-corrected chi connectivity index (χ1v) is 11.4. The molecule has 0 aromatic carbocycles. The molecule has 1 fully saturated rings. The van der Waals surface area contributed by atoms with Crippen LogP contribution in [0.3, 0.4) is 0 Å². The average Bonchev–Trinajstić information content (AvgIpc) is 3.12. The summed E-state index contributed by atoms with van der Waals surface area (Å²) >= 11 is 0. The Bertz CT molecular complexity index is 1170. The first kappa shape index (κ1) is 25.6. The lowest BCUT2D eigenvalue weighted by molar-refractivity contribution is -0.138. The van der Waals surface area contributed by atoms with Crippen molar-refractivity contribution in [2.75, 3.05) is 44.3 Å². The predicted octanol–water partition coefficient (Wildman–Crippen LogP) is 0.240. The number of alkyl halides is 3. The minimum Gasteiger partial charge on any atom is -0.379 e. The molecule has 2 aromatic rings. The van der Waals surface area contributed by atoms with E-state index in [1.807, 2.05) is 0 Å². The largest absolute Gasteiger partial charge is 0.419 e. The minimum atomic E-state index is -4.49. The number of hydrogen-bond acceptors (Lipinski definition) is 9. The van der Waals surface area contributed by atoms with E-state index in [0.29, 0.717) is 37.6 Å².